The van der Waals surface area contributed by atoms with Crippen LogP contribution in [0.25, 0.3) is 0 Å². The van der Waals surface area contributed by atoms with E-state index >= 15 is 0 Å². The summed E-state index contributed by atoms with van der Waals surface area (Å²) in [5.74, 6) is 0.637. The molecule has 1 aromatic heterocycles. The number of nitrogens with zero attached hydrogens (tertiary/aromatic N) is 3. The number of hydrogen-bond acceptors (Lipinski definition) is 4. The van der Waals surface area contributed by atoms with Crippen molar-refractivity contribution in [3.8, 4) is 0 Å². The van der Waals surface area contributed by atoms with Gasteiger partial charge < -0.3 is 4.57 Å². The molecule has 0 aliphatic heterocycles. The van der Waals surface area contributed by atoms with Crippen molar-refractivity contribution in [3.63, 3.8) is 0 Å². The van der Waals surface area contributed by atoms with E-state index in [9.17, 15) is 8.42 Å². The number of rotatable bonds is 5. The molecule has 2 N–H and O–H groups in total. The van der Waals surface area contributed by atoms with Crippen LogP contribution in [0.5, 0.6) is 0 Å². The molecule has 2 aromatic rings. The minimum Gasteiger partial charge on any atom is -0.301 e. The summed E-state index contributed by atoms with van der Waals surface area (Å²) in [7, 11) is -3.83. The summed E-state index contributed by atoms with van der Waals surface area (Å²) in [5, 5.41) is 12.6. The number of primary sulfonamides is 1. The van der Waals surface area contributed by atoms with Gasteiger partial charge in [-0.25, -0.2) is 13.6 Å². The van der Waals surface area contributed by atoms with E-state index in [1.165, 1.54) is 11.1 Å². The summed E-state index contributed by atoms with van der Waals surface area (Å²) in [6, 6.07) is 8.19. The van der Waals surface area contributed by atoms with E-state index in [1.807, 2.05) is 32.0 Å². The van der Waals surface area contributed by atoms with Gasteiger partial charge in [-0.3, -0.25) is 0 Å². The Bertz CT molecular complexity index is 707. The Morgan fingerprint density at radius 3 is 2.60 bits per heavy atom. The van der Waals surface area contributed by atoms with Crippen LogP contribution in [0.2, 0.25) is 0 Å². The molecule has 0 radical (unpaired) electrons. The fourth-order valence-electron chi connectivity index (χ4n) is 2.16. The molecule has 0 spiro atoms. The highest BCUT2D eigenvalue weighted by Crippen LogP contribution is 2.11. The molecular weight excluding hydrogens is 276 g/mol. The third-order valence-corrected chi connectivity index (χ3v) is 3.89. The molecule has 7 heteroatoms. The Labute approximate surface area is 118 Å². The van der Waals surface area contributed by atoms with Gasteiger partial charge >= 0.3 is 0 Å². The molecule has 6 nitrogen and oxygen atoms in total. The first kappa shape index (κ1) is 14.7. The van der Waals surface area contributed by atoms with Gasteiger partial charge in [-0.15, -0.1) is 10.2 Å². The number of sulfonamides is 1. The molecule has 2 rings (SSSR count). The largest absolute Gasteiger partial charge is 0.301 e. The second kappa shape index (κ2) is 5.72. The number of nitrogens with two attached hydrogens (primary N) is 1. The topological polar surface area (TPSA) is 90.9 Å². The molecule has 20 heavy (non-hydrogen) atoms. The van der Waals surface area contributed by atoms with E-state index in [0.29, 0.717) is 18.8 Å². The third kappa shape index (κ3) is 3.23. The molecule has 0 saturated heterocycles. The molecular formula is C13H18N4O2S. The number of aromatic nitrogens is 3. The Morgan fingerprint density at radius 1 is 1.25 bits per heavy atom. The van der Waals surface area contributed by atoms with Crippen molar-refractivity contribution in [2.45, 2.75) is 38.4 Å². The SMILES string of the molecule is CCn1c(CCc2cccc(C)c2)nnc1S(N)(=O)=O. The summed E-state index contributed by atoms with van der Waals surface area (Å²) < 4.78 is 24.3. The van der Waals surface area contributed by atoms with Crippen LogP contribution < -0.4 is 5.14 Å². The molecule has 0 atom stereocenters. The maximum Gasteiger partial charge on any atom is 0.273 e. The fraction of sp³-hybridized carbons (Fsp3) is 0.385. The summed E-state index contributed by atoms with van der Waals surface area (Å²) in [6.07, 6.45) is 1.41. The normalized spacial score (nSPS) is 11.8. The van der Waals surface area contributed by atoms with Crippen LogP contribution in [0.15, 0.2) is 29.4 Å². The molecule has 0 aliphatic carbocycles. The first-order chi connectivity index (χ1) is 9.41. The van der Waals surface area contributed by atoms with Crippen LogP contribution in [0.4, 0.5) is 0 Å². The summed E-state index contributed by atoms with van der Waals surface area (Å²) >= 11 is 0. The highest BCUT2D eigenvalue weighted by atomic mass is 32.2. The Balaban J connectivity index is 2.20. The standard InChI is InChI=1S/C13H18N4O2S/c1-3-17-12(15-16-13(17)20(14,18)19)8-7-11-6-4-5-10(2)9-11/h4-6,9H,3,7-8H2,1-2H3,(H2,14,18,19). The Morgan fingerprint density at radius 2 is 2.00 bits per heavy atom. The minimum absolute atomic E-state index is 0.167. The van der Waals surface area contributed by atoms with Crippen molar-refractivity contribution < 1.29 is 8.42 Å². The molecule has 0 fully saturated rings. The van der Waals surface area contributed by atoms with Gasteiger partial charge in [0.15, 0.2) is 0 Å². The van der Waals surface area contributed by atoms with E-state index in [-0.39, 0.29) is 5.16 Å². The van der Waals surface area contributed by atoms with Gasteiger partial charge in [0.25, 0.3) is 15.2 Å². The monoisotopic (exact) mass is 294 g/mol. The molecule has 0 aliphatic rings. The average Bonchev–Trinajstić information content (AvgIpc) is 2.79. The second-order valence-corrected chi connectivity index (χ2v) is 6.13. The van der Waals surface area contributed by atoms with Gasteiger partial charge in [0, 0.05) is 13.0 Å². The highest BCUT2D eigenvalue weighted by Gasteiger charge is 2.19. The lowest BCUT2D eigenvalue weighted by atomic mass is 10.1. The molecule has 108 valence electrons. The molecule has 0 unspecified atom stereocenters. The summed E-state index contributed by atoms with van der Waals surface area (Å²) in [4.78, 5) is 0. The maximum atomic E-state index is 11.4. The van der Waals surface area contributed by atoms with Crippen LogP contribution in [0.3, 0.4) is 0 Å². The van der Waals surface area contributed by atoms with Crippen molar-refractivity contribution in [1.82, 2.24) is 14.8 Å². The van der Waals surface area contributed by atoms with Crippen LogP contribution >= 0.6 is 0 Å². The van der Waals surface area contributed by atoms with E-state index in [2.05, 4.69) is 16.3 Å². The van der Waals surface area contributed by atoms with Gasteiger partial charge in [0.1, 0.15) is 5.82 Å². The Kier molecular flexibility index (Phi) is 4.20. The van der Waals surface area contributed by atoms with Gasteiger partial charge in [0.2, 0.25) is 0 Å². The van der Waals surface area contributed by atoms with Crippen molar-refractivity contribution in [3.05, 3.63) is 41.2 Å². The van der Waals surface area contributed by atoms with Crippen LogP contribution in [0, 0.1) is 6.92 Å². The zero-order chi connectivity index (χ0) is 14.8. The first-order valence-corrected chi connectivity index (χ1v) is 7.97. The van der Waals surface area contributed by atoms with Crippen LogP contribution in [0.1, 0.15) is 23.9 Å². The molecule has 0 amide bonds. The van der Waals surface area contributed by atoms with E-state index < -0.39 is 10.0 Å². The van der Waals surface area contributed by atoms with Gasteiger partial charge in [0.05, 0.1) is 0 Å². The predicted octanol–water partition coefficient (Wildman–Crippen LogP) is 1.04. The predicted molar refractivity (Wildman–Crippen MR) is 75.7 cm³/mol. The molecule has 0 bridgehead atoms. The highest BCUT2D eigenvalue weighted by molar-refractivity contribution is 7.89. The molecule has 1 aromatic carbocycles. The van der Waals surface area contributed by atoms with Gasteiger partial charge in [-0.05, 0) is 25.8 Å². The lowest BCUT2D eigenvalue weighted by Gasteiger charge is -2.06. The minimum atomic E-state index is -3.83. The zero-order valence-corrected chi connectivity index (χ0v) is 12.4. The van der Waals surface area contributed by atoms with Gasteiger partial charge in [-0.1, -0.05) is 29.8 Å². The van der Waals surface area contributed by atoms with Crippen molar-refractivity contribution in [1.29, 1.82) is 0 Å². The first-order valence-electron chi connectivity index (χ1n) is 6.42. The number of hydrogen-bond donors (Lipinski definition) is 1. The summed E-state index contributed by atoms with van der Waals surface area (Å²) in [5.41, 5.74) is 2.39. The fourth-order valence-corrected chi connectivity index (χ4v) is 2.85. The lowest BCUT2D eigenvalue weighted by molar-refractivity contribution is 0.563. The Hall–Kier alpha value is -1.73. The van der Waals surface area contributed by atoms with Crippen LogP contribution in [-0.4, -0.2) is 23.2 Å². The van der Waals surface area contributed by atoms with E-state index in [4.69, 9.17) is 5.14 Å². The lowest BCUT2D eigenvalue weighted by Crippen LogP contribution is -2.19. The maximum absolute atomic E-state index is 11.4. The van der Waals surface area contributed by atoms with Crippen molar-refractivity contribution in [2.24, 2.45) is 5.14 Å². The van der Waals surface area contributed by atoms with E-state index in [0.717, 1.165) is 6.42 Å². The van der Waals surface area contributed by atoms with E-state index in [1.54, 1.807) is 4.57 Å². The number of aryl methyl sites for hydroxylation is 3. The average molecular weight is 294 g/mol. The molecule has 1 heterocycles. The third-order valence-electron chi connectivity index (χ3n) is 3.08. The second-order valence-electron chi connectivity index (χ2n) is 4.68. The zero-order valence-electron chi connectivity index (χ0n) is 11.6. The quantitative estimate of drug-likeness (QED) is 0.892. The van der Waals surface area contributed by atoms with Crippen molar-refractivity contribution >= 4 is 10.0 Å². The van der Waals surface area contributed by atoms with Crippen molar-refractivity contribution in [2.75, 3.05) is 0 Å². The molecule has 0 saturated carbocycles. The van der Waals surface area contributed by atoms with Gasteiger partial charge in [-0.2, -0.15) is 0 Å². The summed E-state index contributed by atoms with van der Waals surface area (Å²) in [6.45, 7) is 4.35. The smallest absolute Gasteiger partial charge is 0.273 e. The number of benzene rings is 1. The van der Waals surface area contributed by atoms with Crippen LogP contribution in [-0.2, 0) is 29.4 Å².